The quantitative estimate of drug-likeness (QED) is 0.582. The van der Waals surface area contributed by atoms with Gasteiger partial charge in [-0.05, 0) is 37.5 Å². The van der Waals surface area contributed by atoms with Gasteiger partial charge in [0.25, 0.3) is 0 Å². The number of benzene rings is 1. The van der Waals surface area contributed by atoms with E-state index in [-0.39, 0.29) is 36.7 Å². The third-order valence-electron chi connectivity index (χ3n) is 6.27. The molecule has 0 amide bonds. The van der Waals surface area contributed by atoms with Crippen LogP contribution in [0.1, 0.15) is 34.8 Å². The van der Waals surface area contributed by atoms with Gasteiger partial charge in [-0.15, -0.1) is 0 Å². The van der Waals surface area contributed by atoms with E-state index in [0.29, 0.717) is 18.5 Å². The monoisotopic (exact) mass is 402 g/mol. The van der Waals surface area contributed by atoms with Crippen molar-refractivity contribution in [1.82, 2.24) is 4.57 Å². The Hall–Kier alpha value is -2.42. The molecule has 2 atom stereocenters. The average molecular weight is 402 g/mol. The number of aryl methyl sites for hydroxylation is 1. The maximum Gasteiger partial charge on any atom is 0.341 e. The van der Waals surface area contributed by atoms with Crippen LogP contribution in [-0.4, -0.2) is 63.4 Å². The number of nitrogens with zero attached hydrogens (tertiary/aromatic N) is 2. The van der Waals surface area contributed by atoms with Crippen LogP contribution in [0.2, 0.25) is 0 Å². The third-order valence-corrected chi connectivity index (χ3v) is 6.27. The standard InChI is InChI=1S/C21H26N2O6/c1-11-17(22-6-12(9-24)19(26)13(7-22)10-25)5-4-15-18(11)23(14-2-3-14)8-16(20(15)27)21(28)29/h4-5,8,12-14,19,24-26H,2-3,6-7,9-10H2,1H3,(H,28,29). The van der Waals surface area contributed by atoms with Crippen molar-refractivity contribution in [3.8, 4) is 0 Å². The van der Waals surface area contributed by atoms with Gasteiger partial charge in [-0.1, -0.05) is 0 Å². The molecule has 4 N–H and O–H groups in total. The molecule has 156 valence electrons. The lowest BCUT2D eigenvalue weighted by Crippen LogP contribution is -2.52. The van der Waals surface area contributed by atoms with Crippen LogP contribution in [0.15, 0.2) is 23.1 Å². The zero-order valence-electron chi connectivity index (χ0n) is 16.3. The Labute approximate surface area is 167 Å². The zero-order valence-corrected chi connectivity index (χ0v) is 16.3. The zero-order chi connectivity index (χ0) is 20.9. The number of carbonyl (C=O) groups is 1. The van der Waals surface area contributed by atoms with Gasteiger partial charge in [0.1, 0.15) is 5.56 Å². The summed E-state index contributed by atoms with van der Waals surface area (Å²) in [6, 6.07) is 3.64. The molecular formula is C21H26N2O6. The summed E-state index contributed by atoms with van der Waals surface area (Å²) in [6.45, 7) is 2.40. The van der Waals surface area contributed by atoms with E-state index in [1.165, 1.54) is 6.20 Å². The minimum atomic E-state index is -1.23. The Kier molecular flexibility index (Phi) is 5.10. The maximum atomic E-state index is 12.7. The first-order valence-corrected chi connectivity index (χ1v) is 9.93. The summed E-state index contributed by atoms with van der Waals surface area (Å²) in [6.07, 6.45) is 2.56. The number of fused-ring (bicyclic) bond motifs is 1. The molecule has 8 heteroatoms. The second kappa shape index (κ2) is 7.44. The fourth-order valence-corrected chi connectivity index (χ4v) is 4.52. The first-order chi connectivity index (χ1) is 13.9. The van der Waals surface area contributed by atoms with E-state index in [2.05, 4.69) is 0 Å². The summed E-state index contributed by atoms with van der Waals surface area (Å²) in [5, 5.41) is 39.4. The van der Waals surface area contributed by atoms with Crippen molar-refractivity contribution in [1.29, 1.82) is 0 Å². The molecule has 0 bridgehead atoms. The largest absolute Gasteiger partial charge is 0.477 e. The van der Waals surface area contributed by atoms with Crippen molar-refractivity contribution >= 4 is 22.6 Å². The number of pyridine rings is 1. The summed E-state index contributed by atoms with van der Waals surface area (Å²) in [5.74, 6) is -1.98. The fourth-order valence-electron chi connectivity index (χ4n) is 4.52. The van der Waals surface area contributed by atoms with E-state index in [9.17, 15) is 30.0 Å². The Morgan fingerprint density at radius 2 is 1.76 bits per heavy atom. The molecule has 1 aliphatic carbocycles. The highest BCUT2D eigenvalue weighted by Crippen LogP contribution is 2.39. The van der Waals surface area contributed by atoms with E-state index in [1.54, 1.807) is 12.1 Å². The van der Waals surface area contributed by atoms with Gasteiger partial charge in [0, 0.05) is 48.2 Å². The van der Waals surface area contributed by atoms with Gasteiger partial charge in [-0.25, -0.2) is 4.79 Å². The van der Waals surface area contributed by atoms with Crippen molar-refractivity contribution in [2.24, 2.45) is 11.8 Å². The molecule has 1 saturated carbocycles. The number of hydrogen-bond donors (Lipinski definition) is 4. The van der Waals surface area contributed by atoms with Gasteiger partial charge >= 0.3 is 5.97 Å². The number of aliphatic hydroxyl groups excluding tert-OH is 3. The van der Waals surface area contributed by atoms with Crippen molar-refractivity contribution in [2.75, 3.05) is 31.2 Å². The van der Waals surface area contributed by atoms with Gasteiger partial charge in [0.2, 0.25) is 5.43 Å². The predicted octanol–water partition coefficient (Wildman–Crippen LogP) is 0.741. The highest BCUT2D eigenvalue weighted by atomic mass is 16.4. The Morgan fingerprint density at radius 1 is 1.14 bits per heavy atom. The molecule has 2 unspecified atom stereocenters. The van der Waals surface area contributed by atoms with Crippen molar-refractivity contribution in [3.63, 3.8) is 0 Å². The molecule has 2 fully saturated rings. The first-order valence-electron chi connectivity index (χ1n) is 9.93. The summed E-state index contributed by atoms with van der Waals surface area (Å²) >= 11 is 0. The Balaban J connectivity index is 1.86. The average Bonchev–Trinajstić information content (AvgIpc) is 3.54. The number of hydrogen-bond acceptors (Lipinski definition) is 6. The van der Waals surface area contributed by atoms with Crippen LogP contribution in [-0.2, 0) is 0 Å². The highest BCUT2D eigenvalue weighted by molar-refractivity contribution is 5.95. The third kappa shape index (κ3) is 3.31. The molecule has 2 aromatic rings. The van der Waals surface area contributed by atoms with Gasteiger partial charge in [-0.2, -0.15) is 0 Å². The van der Waals surface area contributed by atoms with Crippen LogP contribution in [0.25, 0.3) is 10.9 Å². The summed E-state index contributed by atoms with van der Waals surface area (Å²) in [4.78, 5) is 26.3. The van der Waals surface area contributed by atoms with Gasteiger partial charge in [0.15, 0.2) is 0 Å². The molecule has 2 heterocycles. The van der Waals surface area contributed by atoms with Gasteiger partial charge in [-0.3, -0.25) is 4.79 Å². The smallest absolute Gasteiger partial charge is 0.341 e. The number of carboxylic acid groups (broad SMARTS) is 1. The van der Waals surface area contributed by atoms with Crippen LogP contribution >= 0.6 is 0 Å². The lowest BCUT2D eigenvalue weighted by molar-refractivity contribution is -0.00847. The normalized spacial score (nSPS) is 24.8. The first kappa shape index (κ1) is 19.9. The van der Waals surface area contributed by atoms with Crippen molar-refractivity contribution in [3.05, 3.63) is 39.7 Å². The summed E-state index contributed by atoms with van der Waals surface area (Å²) in [5.41, 5.74) is 1.73. The van der Waals surface area contributed by atoms with Gasteiger partial charge in [0.05, 0.1) is 24.8 Å². The number of aromatic nitrogens is 1. The minimum absolute atomic E-state index is 0.184. The lowest BCUT2D eigenvalue weighted by atomic mass is 9.86. The molecule has 1 aliphatic heterocycles. The van der Waals surface area contributed by atoms with E-state index < -0.39 is 17.5 Å². The van der Waals surface area contributed by atoms with Crippen molar-refractivity contribution in [2.45, 2.75) is 31.9 Å². The highest BCUT2D eigenvalue weighted by Gasteiger charge is 2.36. The molecule has 0 radical (unpaired) electrons. The fraction of sp³-hybridized carbons (Fsp3) is 0.524. The van der Waals surface area contributed by atoms with Crippen LogP contribution in [0, 0.1) is 18.8 Å². The molecule has 8 nitrogen and oxygen atoms in total. The predicted molar refractivity (Wildman–Crippen MR) is 108 cm³/mol. The molecule has 2 aliphatic rings. The molecular weight excluding hydrogens is 376 g/mol. The second-order valence-corrected chi connectivity index (χ2v) is 8.20. The summed E-state index contributed by atoms with van der Waals surface area (Å²) < 4.78 is 1.91. The number of rotatable bonds is 5. The molecule has 1 aromatic heterocycles. The molecule has 0 spiro atoms. The number of piperidine rings is 1. The van der Waals surface area contributed by atoms with Gasteiger partial charge < -0.3 is 29.9 Å². The molecule has 29 heavy (non-hydrogen) atoms. The van der Waals surface area contributed by atoms with Crippen molar-refractivity contribution < 1.29 is 25.2 Å². The number of aliphatic hydroxyl groups is 3. The number of carboxylic acids is 1. The van der Waals surface area contributed by atoms with Crippen LogP contribution in [0.5, 0.6) is 0 Å². The Morgan fingerprint density at radius 3 is 2.28 bits per heavy atom. The molecule has 1 saturated heterocycles. The number of anilines is 1. The lowest BCUT2D eigenvalue weighted by Gasteiger charge is -2.42. The van der Waals surface area contributed by atoms with E-state index >= 15 is 0 Å². The maximum absolute atomic E-state index is 12.7. The Bertz CT molecular complexity index is 998. The topological polar surface area (TPSA) is 123 Å². The van der Waals surface area contributed by atoms with E-state index in [1.807, 2.05) is 16.4 Å². The second-order valence-electron chi connectivity index (χ2n) is 8.20. The SMILES string of the molecule is Cc1c(N2CC(CO)C(O)C(CO)C2)ccc2c(=O)c(C(=O)O)cn(C3CC3)c12. The molecule has 1 aromatic carbocycles. The van der Waals surface area contributed by atoms with Crippen LogP contribution in [0.4, 0.5) is 5.69 Å². The summed E-state index contributed by atoms with van der Waals surface area (Å²) in [7, 11) is 0. The van der Waals surface area contributed by atoms with Crippen LogP contribution < -0.4 is 10.3 Å². The van der Waals surface area contributed by atoms with E-state index in [4.69, 9.17) is 0 Å². The van der Waals surface area contributed by atoms with Crippen LogP contribution in [0.3, 0.4) is 0 Å². The molecule has 4 rings (SSSR count). The number of aromatic carboxylic acids is 1. The minimum Gasteiger partial charge on any atom is -0.477 e. The van der Waals surface area contributed by atoms with E-state index in [0.717, 1.165) is 29.6 Å².